The van der Waals surface area contributed by atoms with Crippen molar-refractivity contribution in [2.45, 2.75) is 34.2 Å². The monoisotopic (exact) mass is 280 g/mol. The lowest BCUT2D eigenvalue weighted by Gasteiger charge is -2.13. The summed E-state index contributed by atoms with van der Waals surface area (Å²) < 4.78 is 2.12. The molecule has 5 heteroatoms. The van der Waals surface area contributed by atoms with E-state index in [0.29, 0.717) is 5.56 Å². The molecule has 0 aliphatic rings. The molecule has 18 heavy (non-hydrogen) atoms. The van der Waals surface area contributed by atoms with Crippen molar-refractivity contribution in [3.63, 3.8) is 0 Å². The Balaban J connectivity index is 3.11. The van der Waals surface area contributed by atoms with E-state index in [1.165, 1.54) is 4.88 Å². The van der Waals surface area contributed by atoms with E-state index < -0.39 is 0 Å². The van der Waals surface area contributed by atoms with Crippen LogP contribution in [0.1, 0.15) is 28.6 Å². The number of hydrogen-bond donors (Lipinski definition) is 1. The van der Waals surface area contributed by atoms with Crippen molar-refractivity contribution in [1.82, 2.24) is 4.57 Å². The molecule has 0 aromatic carbocycles. The fourth-order valence-corrected chi connectivity index (χ4v) is 3.82. The number of fused-ring (bicyclic) bond motifs is 1. The summed E-state index contributed by atoms with van der Waals surface area (Å²) in [5.41, 5.74) is 8.07. The fourth-order valence-electron chi connectivity index (χ4n) is 2.31. The molecule has 2 N–H and O–H groups in total. The molecule has 2 aromatic heterocycles. The molecule has 0 spiro atoms. The lowest BCUT2D eigenvalue weighted by Crippen LogP contribution is -2.26. The predicted molar refractivity (Wildman–Crippen MR) is 81.9 cm³/mol. The highest BCUT2D eigenvalue weighted by atomic mass is 32.1. The van der Waals surface area contributed by atoms with Crippen LogP contribution in [0.4, 0.5) is 0 Å². The SMILES string of the molecule is CCn1c(C)c(C(N)=S)c(=O)c2c(C)c(C)sc21. The Labute approximate surface area is 115 Å². The van der Waals surface area contributed by atoms with Gasteiger partial charge in [0.15, 0.2) is 0 Å². The van der Waals surface area contributed by atoms with E-state index >= 15 is 0 Å². The second kappa shape index (κ2) is 4.48. The van der Waals surface area contributed by atoms with Crippen molar-refractivity contribution in [2.75, 3.05) is 0 Å². The van der Waals surface area contributed by atoms with Crippen LogP contribution in [0.25, 0.3) is 10.2 Å². The fraction of sp³-hybridized carbons (Fsp3) is 0.385. The Hall–Kier alpha value is -1.20. The van der Waals surface area contributed by atoms with Gasteiger partial charge in [0.05, 0.1) is 10.9 Å². The number of pyridine rings is 1. The summed E-state index contributed by atoms with van der Waals surface area (Å²) in [6, 6.07) is 0. The van der Waals surface area contributed by atoms with Gasteiger partial charge in [0, 0.05) is 17.1 Å². The molecule has 0 amide bonds. The van der Waals surface area contributed by atoms with Gasteiger partial charge >= 0.3 is 0 Å². The Morgan fingerprint density at radius 2 is 2.00 bits per heavy atom. The molecule has 3 nitrogen and oxygen atoms in total. The lowest BCUT2D eigenvalue weighted by atomic mass is 10.1. The molecular weight excluding hydrogens is 264 g/mol. The molecule has 0 aliphatic carbocycles. The highest BCUT2D eigenvalue weighted by Gasteiger charge is 2.19. The highest BCUT2D eigenvalue weighted by Crippen LogP contribution is 2.29. The molecule has 0 saturated carbocycles. The first-order valence-electron chi connectivity index (χ1n) is 5.83. The molecule has 0 bridgehead atoms. The van der Waals surface area contributed by atoms with Crippen LogP contribution in [0.15, 0.2) is 4.79 Å². The first kappa shape index (κ1) is 13.2. The number of nitrogens with zero attached hydrogens (tertiary/aromatic N) is 1. The summed E-state index contributed by atoms with van der Waals surface area (Å²) in [7, 11) is 0. The van der Waals surface area contributed by atoms with Crippen molar-refractivity contribution < 1.29 is 0 Å². The lowest BCUT2D eigenvalue weighted by molar-refractivity contribution is 0.762. The molecule has 0 unspecified atom stereocenters. The third-order valence-corrected chi connectivity index (χ3v) is 4.83. The summed E-state index contributed by atoms with van der Waals surface area (Å²) >= 11 is 6.68. The summed E-state index contributed by atoms with van der Waals surface area (Å²) in [6.07, 6.45) is 0. The molecule has 2 aromatic rings. The van der Waals surface area contributed by atoms with Gasteiger partial charge in [-0.3, -0.25) is 4.79 Å². The zero-order valence-corrected chi connectivity index (χ0v) is 12.6. The van der Waals surface area contributed by atoms with Crippen LogP contribution < -0.4 is 11.2 Å². The quantitative estimate of drug-likeness (QED) is 0.860. The maximum absolute atomic E-state index is 12.5. The van der Waals surface area contributed by atoms with Crippen LogP contribution >= 0.6 is 23.6 Å². The van der Waals surface area contributed by atoms with E-state index in [2.05, 4.69) is 11.5 Å². The Bertz CT molecular complexity index is 710. The zero-order valence-electron chi connectivity index (χ0n) is 11.0. The highest BCUT2D eigenvalue weighted by molar-refractivity contribution is 7.80. The normalized spacial score (nSPS) is 11.1. The first-order valence-corrected chi connectivity index (χ1v) is 7.05. The Kier molecular flexibility index (Phi) is 3.29. The molecule has 0 atom stereocenters. The van der Waals surface area contributed by atoms with Gasteiger partial charge in [-0.2, -0.15) is 0 Å². The molecule has 0 fully saturated rings. The minimum absolute atomic E-state index is 0.0263. The van der Waals surface area contributed by atoms with Crippen molar-refractivity contribution in [1.29, 1.82) is 0 Å². The summed E-state index contributed by atoms with van der Waals surface area (Å²) in [5.74, 6) is 0. The van der Waals surface area contributed by atoms with E-state index in [1.807, 2.05) is 20.8 Å². The standard InChI is InChI=1S/C13H16N2OS2/c1-5-15-7(3)10(12(14)17)11(16)9-6(2)8(4)18-13(9)15/h5H2,1-4H3,(H2,14,17). The smallest absolute Gasteiger partial charge is 0.200 e. The van der Waals surface area contributed by atoms with Crippen LogP contribution in [0.2, 0.25) is 0 Å². The van der Waals surface area contributed by atoms with E-state index in [9.17, 15) is 4.79 Å². The van der Waals surface area contributed by atoms with Crippen LogP contribution in [-0.2, 0) is 6.54 Å². The second-order valence-corrected chi connectivity index (χ2v) is 6.00. The second-order valence-electron chi connectivity index (χ2n) is 4.36. The average molecular weight is 280 g/mol. The van der Waals surface area contributed by atoms with Gasteiger partial charge in [-0.25, -0.2) is 0 Å². The number of aromatic nitrogens is 1. The minimum Gasteiger partial charge on any atom is -0.389 e. The first-order chi connectivity index (χ1) is 8.40. The van der Waals surface area contributed by atoms with Crippen LogP contribution in [-0.4, -0.2) is 9.56 Å². The van der Waals surface area contributed by atoms with Crippen molar-refractivity contribution >= 4 is 38.8 Å². The molecular formula is C13H16N2OS2. The molecule has 0 aliphatic heterocycles. The van der Waals surface area contributed by atoms with Gasteiger partial charge in [0.2, 0.25) is 5.43 Å². The number of hydrogen-bond acceptors (Lipinski definition) is 3. The molecule has 0 saturated heterocycles. The third-order valence-electron chi connectivity index (χ3n) is 3.40. The van der Waals surface area contributed by atoms with Gasteiger partial charge in [0.25, 0.3) is 0 Å². The van der Waals surface area contributed by atoms with Crippen LogP contribution in [0, 0.1) is 20.8 Å². The summed E-state index contributed by atoms with van der Waals surface area (Å²) in [6.45, 7) is 8.79. The predicted octanol–water partition coefficient (Wildman–Crippen LogP) is 2.64. The van der Waals surface area contributed by atoms with Crippen molar-refractivity contribution in [3.05, 3.63) is 31.9 Å². The number of thiocarbonyl (C=S) groups is 1. The number of thiophene rings is 1. The number of nitrogens with two attached hydrogens (primary N) is 1. The van der Waals surface area contributed by atoms with E-state index in [0.717, 1.165) is 28.0 Å². The van der Waals surface area contributed by atoms with Crippen molar-refractivity contribution in [2.24, 2.45) is 5.73 Å². The zero-order chi connectivity index (χ0) is 13.6. The topological polar surface area (TPSA) is 48.0 Å². The van der Waals surface area contributed by atoms with Gasteiger partial charge in [-0.05, 0) is 33.3 Å². The maximum Gasteiger partial charge on any atom is 0.200 e. The molecule has 2 rings (SSSR count). The van der Waals surface area contributed by atoms with Gasteiger partial charge in [-0.15, -0.1) is 11.3 Å². The Morgan fingerprint density at radius 1 is 1.39 bits per heavy atom. The third kappa shape index (κ3) is 1.69. The maximum atomic E-state index is 12.5. The number of rotatable bonds is 2. The largest absolute Gasteiger partial charge is 0.389 e. The van der Waals surface area contributed by atoms with Crippen LogP contribution in [0.5, 0.6) is 0 Å². The van der Waals surface area contributed by atoms with Gasteiger partial charge in [0.1, 0.15) is 9.82 Å². The molecule has 2 heterocycles. The van der Waals surface area contributed by atoms with Crippen molar-refractivity contribution in [3.8, 4) is 0 Å². The Morgan fingerprint density at radius 3 is 2.50 bits per heavy atom. The van der Waals surface area contributed by atoms with E-state index in [1.54, 1.807) is 11.3 Å². The molecule has 0 radical (unpaired) electrons. The van der Waals surface area contributed by atoms with Gasteiger partial charge in [-0.1, -0.05) is 12.2 Å². The summed E-state index contributed by atoms with van der Waals surface area (Å²) in [5, 5.41) is 0.771. The minimum atomic E-state index is -0.0263. The number of aryl methyl sites for hydroxylation is 3. The molecule has 96 valence electrons. The van der Waals surface area contributed by atoms with Crippen LogP contribution in [0.3, 0.4) is 0 Å². The van der Waals surface area contributed by atoms with E-state index in [-0.39, 0.29) is 10.4 Å². The van der Waals surface area contributed by atoms with Gasteiger partial charge < -0.3 is 10.3 Å². The average Bonchev–Trinajstić information content (AvgIpc) is 2.55. The van der Waals surface area contributed by atoms with E-state index in [4.69, 9.17) is 18.0 Å². The summed E-state index contributed by atoms with van der Waals surface area (Å²) in [4.78, 5) is 14.9.